The largest absolute Gasteiger partial charge is 0.311 e. The van der Waals surface area contributed by atoms with E-state index in [4.69, 9.17) is 11.6 Å². The lowest BCUT2D eigenvalue weighted by atomic mass is 9.95. The van der Waals surface area contributed by atoms with Gasteiger partial charge < -0.3 is 9.47 Å². The molecule has 2 aliphatic heterocycles. The van der Waals surface area contributed by atoms with Crippen LogP contribution in [0.15, 0.2) is 35.7 Å². The number of halogens is 1. The molecule has 2 aromatic heterocycles. The summed E-state index contributed by atoms with van der Waals surface area (Å²) in [6.45, 7) is 4.45. The van der Waals surface area contributed by atoms with Crippen LogP contribution in [0.2, 0.25) is 5.02 Å². The van der Waals surface area contributed by atoms with Gasteiger partial charge in [-0.15, -0.1) is 21.5 Å². The van der Waals surface area contributed by atoms with Gasteiger partial charge in [-0.25, -0.2) is 0 Å². The lowest BCUT2D eigenvalue weighted by molar-refractivity contribution is 0.209. The Hall–Kier alpha value is -1.69. The van der Waals surface area contributed by atoms with Crippen LogP contribution in [0, 0.1) is 0 Å². The van der Waals surface area contributed by atoms with Gasteiger partial charge in [0.15, 0.2) is 5.82 Å². The first-order chi connectivity index (χ1) is 13.8. The van der Waals surface area contributed by atoms with Crippen LogP contribution >= 0.6 is 22.9 Å². The van der Waals surface area contributed by atoms with E-state index in [0.29, 0.717) is 5.92 Å². The van der Waals surface area contributed by atoms with Crippen LogP contribution in [0.5, 0.6) is 0 Å². The lowest BCUT2D eigenvalue weighted by Crippen LogP contribution is -2.35. The third kappa shape index (κ3) is 3.63. The van der Waals surface area contributed by atoms with Gasteiger partial charge in [0.05, 0.1) is 0 Å². The number of aryl methyl sites for hydroxylation is 1. The van der Waals surface area contributed by atoms with Crippen LogP contribution in [0.1, 0.15) is 41.4 Å². The molecular weight excluding hydrogens is 388 g/mol. The van der Waals surface area contributed by atoms with Gasteiger partial charge >= 0.3 is 0 Å². The predicted octanol–water partition coefficient (Wildman–Crippen LogP) is 5.03. The molecule has 146 valence electrons. The summed E-state index contributed by atoms with van der Waals surface area (Å²) in [5.41, 5.74) is 2.67. The first kappa shape index (κ1) is 18.3. The fourth-order valence-corrected chi connectivity index (χ4v) is 5.56. The normalized spacial score (nSPS) is 17.9. The van der Waals surface area contributed by atoms with E-state index in [1.54, 1.807) is 0 Å². The predicted molar refractivity (Wildman–Crippen MR) is 115 cm³/mol. The summed E-state index contributed by atoms with van der Waals surface area (Å²) >= 11 is 7.84. The van der Waals surface area contributed by atoms with Crippen molar-refractivity contribution in [2.45, 2.75) is 44.6 Å². The van der Waals surface area contributed by atoms with Crippen LogP contribution in [-0.2, 0) is 19.4 Å². The van der Waals surface area contributed by atoms with Crippen LogP contribution < -0.4 is 0 Å². The summed E-state index contributed by atoms with van der Waals surface area (Å²) in [4.78, 5) is 4.05. The third-order valence-corrected chi connectivity index (χ3v) is 7.37. The highest BCUT2D eigenvalue weighted by atomic mass is 35.5. The monoisotopic (exact) mass is 412 g/mol. The molecular formula is C22H25ClN4S. The summed E-state index contributed by atoms with van der Waals surface area (Å²) in [6.07, 6.45) is 5.79. The Morgan fingerprint density at radius 2 is 1.86 bits per heavy atom. The van der Waals surface area contributed by atoms with Crippen LogP contribution in [-0.4, -0.2) is 39.3 Å². The zero-order valence-corrected chi connectivity index (χ0v) is 17.6. The third-order valence-electron chi connectivity index (χ3n) is 6.13. The minimum Gasteiger partial charge on any atom is -0.311 e. The Morgan fingerprint density at radius 1 is 1.04 bits per heavy atom. The smallest absolute Gasteiger partial charge is 0.165 e. The number of hydrogen-bond acceptors (Lipinski definition) is 4. The molecule has 0 saturated carbocycles. The maximum absolute atomic E-state index is 5.98. The summed E-state index contributed by atoms with van der Waals surface area (Å²) in [6, 6.07) is 10.5. The van der Waals surface area contributed by atoms with Crippen molar-refractivity contribution in [1.82, 2.24) is 19.7 Å². The van der Waals surface area contributed by atoms with Gasteiger partial charge in [-0.05, 0) is 74.3 Å². The van der Waals surface area contributed by atoms with Gasteiger partial charge in [0.25, 0.3) is 0 Å². The fourth-order valence-electron chi connectivity index (χ4n) is 4.52. The molecule has 0 radical (unpaired) electrons. The lowest BCUT2D eigenvalue weighted by Gasteiger charge is -2.31. The number of thiophene rings is 1. The van der Waals surface area contributed by atoms with Gasteiger partial charge in [0.1, 0.15) is 5.82 Å². The molecule has 1 fully saturated rings. The molecule has 6 heteroatoms. The Balaban J connectivity index is 1.23. The Labute approximate surface area is 175 Å². The van der Waals surface area contributed by atoms with Crippen LogP contribution in [0.4, 0.5) is 0 Å². The second-order valence-electron chi connectivity index (χ2n) is 7.89. The topological polar surface area (TPSA) is 34.0 Å². The van der Waals surface area contributed by atoms with Crippen molar-refractivity contribution in [1.29, 1.82) is 0 Å². The quantitative estimate of drug-likeness (QED) is 0.602. The number of piperidine rings is 1. The van der Waals surface area contributed by atoms with E-state index in [0.717, 1.165) is 43.4 Å². The number of benzene rings is 1. The average Bonchev–Trinajstić information content (AvgIpc) is 3.32. The Bertz CT molecular complexity index is 938. The maximum atomic E-state index is 5.98. The molecule has 0 unspecified atom stereocenters. The van der Waals surface area contributed by atoms with E-state index in [2.05, 4.69) is 43.2 Å². The van der Waals surface area contributed by atoms with E-state index >= 15 is 0 Å². The minimum absolute atomic E-state index is 0.535. The second kappa shape index (κ2) is 7.97. The average molecular weight is 413 g/mol. The standard InChI is InChI=1S/C22H25ClN4S/c23-18-5-3-16(4-6-18)7-12-26-13-8-17(9-14-26)21-24-25-22-19-10-15-28-20(19)2-1-11-27(21)22/h3-6,10,15,17H,1-2,7-9,11-14H2. The maximum Gasteiger partial charge on any atom is 0.165 e. The molecule has 0 amide bonds. The van der Waals surface area contributed by atoms with Gasteiger partial charge in [-0.1, -0.05) is 23.7 Å². The van der Waals surface area contributed by atoms with Crippen molar-refractivity contribution in [2.24, 2.45) is 0 Å². The van der Waals surface area contributed by atoms with E-state index < -0.39 is 0 Å². The van der Waals surface area contributed by atoms with Crippen molar-refractivity contribution in [2.75, 3.05) is 19.6 Å². The number of nitrogens with zero attached hydrogens (tertiary/aromatic N) is 4. The molecule has 0 N–H and O–H groups in total. The van der Waals surface area contributed by atoms with Crippen LogP contribution in [0.25, 0.3) is 11.4 Å². The minimum atomic E-state index is 0.535. The first-order valence-corrected chi connectivity index (χ1v) is 11.5. The van der Waals surface area contributed by atoms with E-state index in [1.807, 2.05) is 23.5 Å². The zero-order valence-electron chi connectivity index (χ0n) is 16.0. The van der Waals surface area contributed by atoms with Gasteiger partial charge in [0.2, 0.25) is 0 Å². The molecule has 5 rings (SSSR count). The number of likely N-dealkylation sites (tertiary alicyclic amines) is 1. The molecule has 0 bridgehead atoms. The van der Waals surface area contributed by atoms with E-state index in [-0.39, 0.29) is 0 Å². The van der Waals surface area contributed by atoms with Crippen molar-refractivity contribution in [3.63, 3.8) is 0 Å². The summed E-state index contributed by atoms with van der Waals surface area (Å²) in [5, 5.41) is 12.3. The molecule has 0 aliphatic carbocycles. The Kier molecular flexibility index (Phi) is 5.22. The number of aromatic nitrogens is 3. The summed E-state index contributed by atoms with van der Waals surface area (Å²) in [7, 11) is 0. The molecule has 0 atom stereocenters. The van der Waals surface area contributed by atoms with Gasteiger partial charge in [0, 0.05) is 34.5 Å². The Morgan fingerprint density at radius 3 is 2.68 bits per heavy atom. The van der Waals surface area contributed by atoms with Gasteiger partial charge in [-0.3, -0.25) is 0 Å². The van der Waals surface area contributed by atoms with Crippen molar-refractivity contribution >= 4 is 22.9 Å². The molecule has 4 heterocycles. The zero-order chi connectivity index (χ0) is 18.9. The van der Waals surface area contributed by atoms with Gasteiger partial charge in [-0.2, -0.15) is 0 Å². The molecule has 1 aromatic carbocycles. The van der Waals surface area contributed by atoms with Crippen molar-refractivity contribution in [3.05, 3.63) is 57.0 Å². The number of hydrogen-bond donors (Lipinski definition) is 0. The van der Waals surface area contributed by atoms with Crippen LogP contribution in [0.3, 0.4) is 0 Å². The van der Waals surface area contributed by atoms with Crippen molar-refractivity contribution in [3.8, 4) is 11.4 Å². The van der Waals surface area contributed by atoms with E-state index in [9.17, 15) is 0 Å². The number of fused-ring (bicyclic) bond motifs is 3. The highest BCUT2D eigenvalue weighted by molar-refractivity contribution is 7.10. The highest BCUT2D eigenvalue weighted by Gasteiger charge is 2.28. The molecule has 3 aromatic rings. The highest BCUT2D eigenvalue weighted by Crippen LogP contribution is 2.35. The molecule has 4 nitrogen and oxygen atoms in total. The summed E-state index contributed by atoms with van der Waals surface area (Å²) in [5.74, 6) is 2.84. The van der Waals surface area contributed by atoms with Crippen molar-refractivity contribution < 1.29 is 0 Å². The molecule has 28 heavy (non-hydrogen) atoms. The molecule has 2 aliphatic rings. The fraction of sp³-hybridized carbons (Fsp3) is 0.455. The SMILES string of the molecule is Clc1ccc(CCN2CCC(c3nnc4n3CCCc3sccc3-4)CC2)cc1. The van der Waals surface area contributed by atoms with E-state index in [1.165, 1.54) is 47.5 Å². The second-order valence-corrected chi connectivity index (χ2v) is 9.32. The molecule has 0 spiro atoms. The number of rotatable bonds is 4. The molecule has 1 saturated heterocycles. The first-order valence-electron chi connectivity index (χ1n) is 10.2. The summed E-state index contributed by atoms with van der Waals surface area (Å²) < 4.78 is 2.41.